The van der Waals surface area contributed by atoms with Crippen molar-refractivity contribution in [1.82, 2.24) is 15.5 Å². The Morgan fingerprint density at radius 1 is 1.19 bits per heavy atom. The van der Waals surface area contributed by atoms with Gasteiger partial charge in [-0.1, -0.05) is 6.92 Å². The predicted molar refractivity (Wildman–Crippen MR) is 76.8 cm³/mol. The number of hydrogen-bond donors (Lipinski definition) is 2. The molecule has 0 spiro atoms. The monoisotopic (exact) mass is 299 g/mol. The standard InChI is InChI=1S/C14H25N3O4/c1-2-15-12-10-21-9-11(12)14(19)16-4-3-13(18)17-5-7-20-8-6-17/h11-12,15H,2-10H2,1H3,(H,16,19). The molecular formula is C14H25N3O4. The average Bonchev–Trinajstić information content (AvgIpc) is 2.96. The Balaban J connectivity index is 1.67. The molecule has 2 heterocycles. The van der Waals surface area contributed by atoms with Crippen molar-refractivity contribution in [1.29, 1.82) is 0 Å². The van der Waals surface area contributed by atoms with E-state index in [0.29, 0.717) is 52.5 Å². The first-order valence-corrected chi connectivity index (χ1v) is 7.66. The lowest BCUT2D eigenvalue weighted by Crippen LogP contribution is -2.45. The maximum atomic E-state index is 12.1. The molecule has 0 aromatic heterocycles. The highest BCUT2D eigenvalue weighted by atomic mass is 16.5. The smallest absolute Gasteiger partial charge is 0.227 e. The van der Waals surface area contributed by atoms with E-state index in [1.54, 1.807) is 4.90 Å². The minimum Gasteiger partial charge on any atom is -0.379 e. The molecule has 0 aromatic carbocycles. The highest BCUT2D eigenvalue weighted by molar-refractivity contribution is 5.81. The summed E-state index contributed by atoms with van der Waals surface area (Å²) in [7, 11) is 0. The van der Waals surface area contributed by atoms with Crippen LogP contribution in [0, 0.1) is 5.92 Å². The highest BCUT2D eigenvalue weighted by Crippen LogP contribution is 2.13. The lowest BCUT2D eigenvalue weighted by molar-refractivity contribution is -0.135. The summed E-state index contributed by atoms with van der Waals surface area (Å²) < 4.78 is 10.6. The molecule has 0 radical (unpaired) electrons. The molecule has 0 aliphatic carbocycles. The Labute approximate surface area is 125 Å². The van der Waals surface area contributed by atoms with Crippen LogP contribution in [0.3, 0.4) is 0 Å². The maximum Gasteiger partial charge on any atom is 0.227 e. The van der Waals surface area contributed by atoms with E-state index in [1.165, 1.54) is 0 Å². The molecule has 2 aliphatic rings. The first-order valence-electron chi connectivity index (χ1n) is 7.66. The number of carbonyl (C=O) groups is 2. The lowest BCUT2D eigenvalue weighted by Gasteiger charge is -2.27. The molecule has 7 nitrogen and oxygen atoms in total. The summed E-state index contributed by atoms with van der Waals surface area (Å²) in [6.45, 7) is 6.70. The molecule has 21 heavy (non-hydrogen) atoms. The van der Waals surface area contributed by atoms with Crippen molar-refractivity contribution in [3.05, 3.63) is 0 Å². The van der Waals surface area contributed by atoms with Crippen LogP contribution < -0.4 is 10.6 Å². The van der Waals surface area contributed by atoms with Crippen molar-refractivity contribution in [3.63, 3.8) is 0 Å². The molecule has 2 atom stereocenters. The fourth-order valence-corrected chi connectivity index (χ4v) is 2.67. The summed E-state index contributed by atoms with van der Waals surface area (Å²) in [5, 5.41) is 6.10. The van der Waals surface area contributed by atoms with Crippen LogP contribution in [0.25, 0.3) is 0 Å². The third kappa shape index (κ3) is 4.66. The highest BCUT2D eigenvalue weighted by Gasteiger charge is 2.33. The van der Waals surface area contributed by atoms with Gasteiger partial charge in [-0.25, -0.2) is 0 Å². The number of likely N-dealkylation sites (N-methyl/N-ethyl adjacent to an activating group) is 1. The van der Waals surface area contributed by atoms with E-state index in [9.17, 15) is 9.59 Å². The molecule has 2 saturated heterocycles. The summed E-state index contributed by atoms with van der Waals surface area (Å²) in [6.07, 6.45) is 0.338. The predicted octanol–water partition coefficient (Wildman–Crippen LogP) is -1.02. The van der Waals surface area contributed by atoms with Crippen LogP contribution in [-0.4, -0.2) is 75.4 Å². The van der Waals surface area contributed by atoms with E-state index in [-0.39, 0.29) is 23.8 Å². The third-order valence-electron chi connectivity index (χ3n) is 3.89. The zero-order valence-corrected chi connectivity index (χ0v) is 12.6. The maximum absolute atomic E-state index is 12.1. The number of carbonyl (C=O) groups excluding carboxylic acids is 2. The van der Waals surface area contributed by atoms with Crippen LogP contribution in [0.5, 0.6) is 0 Å². The molecule has 0 bridgehead atoms. The minimum absolute atomic E-state index is 0.0340. The molecule has 120 valence electrons. The van der Waals surface area contributed by atoms with Crippen LogP contribution >= 0.6 is 0 Å². The van der Waals surface area contributed by atoms with Gasteiger partial charge in [0, 0.05) is 32.1 Å². The molecule has 7 heteroatoms. The Morgan fingerprint density at radius 3 is 2.67 bits per heavy atom. The number of hydrogen-bond acceptors (Lipinski definition) is 5. The second-order valence-electron chi connectivity index (χ2n) is 5.34. The SMILES string of the molecule is CCNC1COCC1C(=O)NCCC(=O)N1CCOCC1. The number of rotatable bonds is 6. The average molecular weight is 299 g/mol. The molecule has 2 unspecified atom stereocenters. The molecule has 2 aliphatic heterocycles. The number of amides is 2. The zero-order chi connectivity index (χ0) is 15.1. The van der Waals surface area contributed by atoms with Crippen LogP contribution in [0.4, 0.5) is 0 Å². The van der Waals surface area contributed by atoms with Gasteiger partial charge in [0.2, 0.25) is 11.8 Å². The van der Waals surface area contributed by atoms with Gasteiger partial charge in [0.25, 0.3) is 0 Å². The van der Waals surface area contributed by atoms with E-state index >= 15 is 0 Å². The quantitative estimate of drug-likeness (QED) is 0.656. The summed E-state index contributed by atoms with van der Waals surface area (Å²) in [4.78, 5) is 25.8. The largest absolute Gasteiger partial charge is 0.379 e. The molecule has 0 aromatic rings. The Bertz CT molecular complexity index is 358. The van der Waals surface area contributed by atoms with Crippen molar-refractivity contribution in [2.75, 3.05) is 52.6 Å². The van der Waals surface area contributed by atoms with Crippen molar-refractivity contribution in [3.8, 4) is 0 Å². The fourth-order valence-electron chi connectivity index (χ4n) is 2.67. The van der Waals surface area contributed by atoms with Gasteiger partial charge in [0.15, 0.2) is 0 Å². The second kappa shape index (κ2) is 8.31. The zero-order valence-electron chi connectivity index (χ0n) is 12.6. The van der Waals surface area contributed by atoms with Crippen molar-refractivity contribution in [2.45, 2.75) is 19.4 Å². The number of nitrogens with zero attached hydrogens (tertiary/aromatic N) is 1. The van der Waals surface area contributed by atoms with Crippen molar-refractivity contribution >= 4 is 11.8 Å². The van der Waals surface area contributed by atoms with Gasteiger partial charge < -0.3 is 25.0 Å². The minimum atomic E-state index is -0.163. The van der Waals surface area contributed by atoms with E-state index in [4.69, 9.17) is 9.47 Å². The first kappa shape index (κ1) is 16.2. The molecule has 0 saturated carbocycles. The van der Waals surface area contributed by atoms with E-state index in [0.717, 1.165) is 6.54 Å². The van der Waals surface area contributed by atoms with E-state index in [2.05, 4.69) is 10.6 Å². The van der Waals surface area contributed by atoms with Gasteiger partial charge in [-0.05, 0) is 6.54 Å². The van der Waals surface area contributed by atoms with Crippen molar-refractivity contribution < 1.29 is 19.1 Å². The number of nitrogens with one attached hydrogen (secondary N) is 2. The molecular weight excluding hydrogens is 274 g/mol. The normalized spacial score (nSPS) is 25.9. The van der Waals surface area contributed by atoms with Gasteiger partial charge in [-0.3, -0.25) is 9.59 Å². The Hall–Kier alpha value is -1.18. The summed E-state index contributed by atoms with van der Waals surface area (Å²) >= 11 is 0. The van der Waals surface area contributed by atoms with Gasteiger partial charge in [-0.2, -0.15) is 0 Å². The Kier molecular flexibility index (Phi) is 6.41. The fraction of sp³-hybridized carbons (Fsp3) is 0.857. The van der Waals surface area contributed by atoms with Crippen LogP contribution in [0.1, 0.15) is 13.3 Å². The lowest BCUT2D eigenvalue weighted by atomic mass is 10.0. The third-order valence-corrected chi connectivity index (χ3v) is 3.89. The molecule has 2 fully saturated rings. The van der Waals surface area contributed by atoms with Crippen LogP contribution in [0.15, 0.2) is 0 Å². The van der Waals surface area contributed by atoms with Gasteiger partial charge in [0.1, 0.15) is 0 Å². The number of morpholine rings is 1. The second-order valence-corrected chi connectivity index (χ2v) is 5.34. The molecule has 2 N–H and O–H groups in total. The van der Waals surface area contributed by atoms with Crippen molar-refractivity contribution in [2.24, 2.45) is 5.92 Å². The van der Waals surface area contributed by atoms with Crippen LogP contribution in [-0.2, 0) is 19.1 Å². The van der Waals surface area contributed by atoms with Gasteiger partial charge >= 0.3 is 0 Å². The topological polar surface area (TPSA) is 79.9 Å². The summed E-state index contributed by atoms with van der Waals surface area (Å²) in [6, 6.07) is 0.0740. The summed E-state index contributed by atoms with van der Waals surface area (Å²) in [5.74, 6) is -0.124. The summed E-state index contributed by atoms with van der Waals surface area (Å²) in [5.41, 5.74) is 0. The van der Waals surface area contributed by atoms with Gasteiger partial charge in [-0.15, -0.1) is 0 Å². The van der Waals surface area contributed by atoms with E-state index in [1.807, 2.05) is 6.92 Å². The number of ether oxygens (including phenoxy) is 2. The molecule has 2 amide bonds. The molecule has 2 rings (SSSR count). The Morgan fingerprint density at radius 2 is 1.95 bits per heavy atom. The van der Waals surface area contributed by atoms with Gasteiger partial charge in [0.05, 0.1) is 32.3 Å². The first-order chi connectivity index (χ1) is 10.2. The van der Waals surface area contributed by atoms with E-state index < -0.39 is 0 Å². The van der Waals surface area contributed by atoms with Crippen LogP contribution in [0.2, 0.25) is 0 Å².